The maximum absolute atomic E-state index is 10.2. The second-order valence-corrected chi connectivity index (χ2v) is 3.93. The van der Waals surface area contributed by atoms with Gasteiger partial charge in [0, 0.05) is 16.5 Å². The number of anilines is 1. The molecule has 0 saturated heterocycles. The van der Waals surface area contributed by atoms with Crippen molar-refractivity contribution in [1.29, 1.82) is 0 Å². The Kier molecular flexibility index (Phi) is 2.64. The molecule has 0 atom stereocenters. The SMILES string of the molecule is C.Nc1ccc2cc3ccccc3c(O)c2c1. The molecule has 2 heteroatoms. The molecule has 17 heavy (non-hydrogen) atoms. The van der Waals surface area contributed by atoms with Crippen LogP contribution < -0.4 is 5.73 Å². The predicted octanol–water partition coefficient (Wildman–Crippen LogP) is 3.92. The fourth-order valence-electron chi connectivity index (χ4n) is 2.06. The normalized spacial score (nSPS) is 10.4. The summed E-state index contributed by atoms with van der Waals surface area (Å²) in [7, 11) is 0. The Labute approximate surface area is 100 Å². The lowest BCUT2D eigenvalue weighted by molar-refractivity contribution is 0.488. The minimum Gasteiger partial charge on any atom is -0.507 e. The van der Waals surface area contributed by atoms with E-state index in [9.17, 15) is 5.11 Å². The Bertz CT molecular complexity index is 689. The molecule has 86 valence electrons. The fourth-order valence-corrected chi connectivity index (χ4v) is 2.06. The quantitative estimate of drug-likeness (QED) is 0.450. The summed E-state index contributed by atoms with van der Waals surface area (Å²) in [6, 6.07) is 15.4. The van der Waals surface area contributed by atoms with Crippen LogP contribution in [0.4, 0.5) is 5.69 Å². The molecule has 0 bridgehead atoms. The molecule has 0 aliphatic rings. The zero-order valence-corrected chi connectivity index (χ0v) is 8.64. The first-order chi connectivity index (χ1) is 7.75. The zero-order valence-electron chi connectivity index (χ0n) is 8.64. The molecule has 0 aromatic heterocycles. The molecule has 0 aliphatic carbocycles. The molecule has 3 N–H and O–H groups in total. The standard InChI is InChI=1S/C14H11NO.CH4/c15-11-6-5-10-7-9-3-1-2-4-12(9)14(16)13(10)8-11;/h1-8,16H,15H2;1H4. The van der Waals surface area contributed by atoms with Crippen LogP contribution in [0.15, 0.2) is 48.5 Å². The smallest absolute Gasteiger partial charge is 0.131 e. The number of benzene rings is 3. The van der Waals surface area contributed by atoms with Gasteiger partial charge in [-0.2, -0.15) is 0 Å². The molecule has 0 amide bonds. The summed E-state index contributed by atoms with van der Waals surface area (Å²) < 4.78 is 0. The lowest BCUT2D eigenvalue weighted by atomic mass is 10.0. The highest BCUT2D eigenvalue weighted by Gasteiger charge is 2.05. The number of nitrogen functional groups attached to an aromatic ring is 1. The first kappa shape index (κ1) is 11.3. The third kappa shape index (κ3) is 1.68. The van der Waals surface area contributed by atoms with Crippen LogP contribution in [-0.2, 0) is 0 Å². The topological polar surface area (TPSA) is 46.2 Å². The van der Waals surface area contributed by atoms with Crippen LogP contribution in [-0.4, -0.2) is 5.11 Å². The molecule has 0 aliphatic heterocycles. The molecule has 2 nitrogen and oxygen atoms in total. The molecular formula is C15H15NO. The van der Waals surface area contributed by atoms with E-state index in [0.717, 1.165) is 21.5 Å². The van der Waals surface area contributed by atoms with E-state index in [0.29, 0.717) is 11.4 Å². The molecule has 3 aromatic carbocycles. The fraction of sp³-hybridized carbons (Fsp3) is 0.0667. The van der Waals surface area contributed by atoms with Crippen LogP contribution in [0.1, 0.15) is 7.43 Å². The van der Waals surface area contributed by atoms with Crippen molar-refractivity contribution in [3.63, 3.8) is 0 Å². The largest absolute Gasteiger partial charge is 0.507 e. The number of rotatable bonds is 0. The van der Waals surface area contributed by atoms with Gasteiger partial charge in [-0.3, -0.25) is 0 Å². The Hall–Kier alpha value is -2.22. The number of fused-ring (bicyclic) bond motifs is 2. The monoisotopic (exact) mass is 225 g/mol. The van der Waals surface area contributed by atoms with Gasteiger partial charge in [-0.25, -0.2) is 0 Å². The van der Waals surface area contributed by atoms with Crippen molar-refractivity contribution < 1.29 is 5.11 Å². The van der Waals surface area contributed by atoms with Crippen LogP contribution in [0, 0.1) is 0 Å². The van der Waals surface area contributed by atoms with Gasteiger partial charge < -0.3 is 10.8 Å². The van der Waals surface area contributed by atoms with Crippen molar-refractivity contribution in [2.24, 2.45) is 0 Å². The average molecular weight is 225 g/mol. The van der Waals surface area contributed by atoms with Gasteiger partial charge >= 0.3 is 0 Å². The Balaban J connectivity index is 0.00000108. The van der Waals surface area contributed by atoms with E-state index in [-0.39, 0.29) is 7.43 Å². The highest BCUT2D eigenvalue weighted by atomic mass is 16.3. The summed E-state index contributed by atoms with van der Waals surface area (Å²) >= 11 is 0. The van der Waals surface area contributed by atoms with Gasteiger partial charge in [-0.05, 0) is 29.0 Å². The minimum absolute atomic E-state index is 0. The van der Waals surface area contributed by atoms with E-state index >= 15 is 0 Å². The number of aromatic hydroxyl groups is 1. The third-order valence-corrected chi connectivity index (χ3v) is 2.86. The number of nitrogens with two attached hydrogens (primary N) is 1. The maximum atomic E-state index is 10.2. The minimum atomic E-state index is 0. The summed E-state index contributed by atoms with van der Waals surface area (Å²) in [4.78, 5) is 0. The molecule has 3 aromatic rings. The predicted molar refractivity (Wildman–Crippen MR) is 74.3 cm³/mol. The summed E-state index contributed by atoms with van der Waals surface area (Å²) in [5, 5.41) is 13.9. The van der Waals surface area contributed by atoms with E-state index < -0.39 is 0 Å². The zero-order chi connectivity index (χ0) is 11.1. The molecule has 0 heterocycles. The molecule has 0 fully saturated rings. The Morgan fingerprint density at radius 3 is 2.35 bits per heavy atom. The molecular weight excluding hydrogens is 210 g/mol. The number of hydrogen-bond acceptors (Lipinski definition) is 2. The second-order valence-electron chi connectivity index (χ2n) is 3.93. The Morgan fingerprint density at radius 1 is 0.824 bits per heavy atom. The van der Waals surface area contributed by atoms with Gasteiger partial charge in [0.25, 0.3) is 0 Å². The van der Waals surface area contributed by atoms with Gasteiger partial charge in [0.05, 0.1) is 0 Å². The van der Waals surface area contributed by atoms with Crippen molar-refractivity contribution in [2.45, 2.75) is 7.43 Å². The van der Waals surface area contributed by atoms with Gasteiger partial charge in [0.15, 0.2) is 0 Å². The summed E-state index contributed by atoms with van der Waals surface area (Å²) in [6.45, 7) is 0. The lowest BCUT2D eigenvalue weighted by Crippen LogP contribution is -1.85. The number of hydrogen-bond donors (Lipinski definition) is 2. The van der Waals surface area contributed by atoms with Gasteiger partial charge in [0.1, 0.15) is 5.75 Å². The molecule has 0 saturated carbocycles. The van der Waals surface area contributed by atoms with Crippen molar-refractivity contribution in [2.75, 3.05) is 5.73 Å². The van der Waals surface area contributed by atoms with Crippen LogP contribution in [0.3, 0.4) is 0 Å². The van der Waals surface area contributed by atoms with Crippen molar-refractivity contribution in [3.05, 3.63) is 48.5 Å². The highest BCUT2D eigenvalue weighted by molar-refractivity contribution is 6.05. The average Bonchev–Trinajstić information content (AvgIpc) is 2.31. The van der Waals surface area contributed by atoms with Gasteiger partial charge in [-0.15, -0.1) is 0 Å². The first-order valence-corrected chi connectivity index (χ1v) is 5.16. The number of phenolic OH excluding ortho intramolecular Hbond substituents is 1. The van der Waals surface area contributed by atoms with Crippen LogP contribution in [0.2, 0.25) is 0 Å². The molecule has 3 rings (SSSR count). The first-order valence-electron chi connectivity index (χ1n) is 5.16. The molecule has 0 radical (unpaired) electrons. The molecule has 0 spiro atoms. The van der Waals surface area contributed by atoms with Crippen LogP contribution in [0.5, 0.6) is 5.75 Å². The molecule has 0 unspecified atom stereocenters. The lowest BCUT2D eigenvalue weighted by Gasteiger charge is -2.06. The van der Waals surface area contributed by atoms with Crippen molar-refractivity contribution in [3.8, 4) is 5.75 Å². The summed E-state index contributed by atoms with van der Waals surface area (Å²) in [6.07, 6.45) is 0. The van der Waals surface area contributed by atoms with Crippen molar-refractivity contribution in [1.82, 2.24) is 0 Å². The van der Waals surface area contributed by atoms with E-state index in [2.05, 4.69) is 6.07 Å². The third-order valence-electron chi connectivity index (χ3n) is 2.86. The van der Waals surface area contributed by atoms with E-state index in [1.165, 1.54) is 0 Å². The summed E-state index contributed by atoms with van der Waals surface area (Å²) in [5.41, 5.74) is 6.39. The summed E-state index contributed by atoms with van der Waals surface area (Å²) in [5.74, 6) is 0.306. The van der Waals surface area contributed by atoms with Crippen molar-refractivity contribution >= 4 is 27.2 Å². The Morgan fingerprint density at radius 2 is 1.53 bits per heavy atom. The number of phenols is 1. The van der Waals surface area contributed by atoms with Gasteiger partial charge in [0.2, 0.25) is 0 Å². The van der Waals surface area contributed by atoms with E-state index in [1.807, 2.05) is 36.4 Å². The van der Waals surface area contributed by atoms with Crippen LogP contribution >= 0.6 is 0 Å². The maximum Gasteiger partial charge on any atom is 0.131 e. The van der Waals surface area contributed by atoms with E-state index in [1.54, 1.807) is 6.07 Å². The second kappa shape index (κ2) is 3.98. The van der Waals surface area contributed by atoms with Crippen LogP contribution in [0.25, 0.3) is 21.5 Å². The highest BCUT2D eigenvalue weighted by Crippen LogP contribution is 2.34. The van der Waals surface area contributed by atoms with E-state index in [4.69, 9.17) is 5.73 Å². The van der Waals surface area contributed by atoms with Gasteiger partial charge in [-0.1, -0.05) is 37.8 Å².